The summed E-state index contributed by atoms with van der Waals surface area (Å²) in [6, 6.07) is 12.0. The van der Waals surface area contributed by atoms with Crippen LogP contribution in [-0.2, 0) is 17.4 Å². The largest absolute Gasteiger partial charge is 0.416 e. The number of benzene rings is 2. The first-order chi connectivity index (χ1) is 15.3. The monoisotopic (exact) mass is 461 g/mol. The van der Waals surface area contributed by atoms with E-state index in [0.29, 0.717) is 5.16 Å². The van der Waals surface area contributed by atoms with E-state index in [4.69, 9.17) is 0 Å². The van der Waals surface area contributed by atoms with Gasteiger partial charge in [-0.05, 0) is 37.1 Å². The highest BCUT2D eigenvalue weighted by atomic mass is 32.2. The predicted octanol–water partition coefficient (Wildman–Crippen LogP) is 4.96. The van der Waals surface area contributed by atoms with Gasteiger partial charge >= 0.3 is 6.18 Å². The van der Waals surface area contributed by atoms with Crippen LogP contribution in [-0.4, -0.2) is 26.0 Å². The van der Waals surface area contributed by atoms with Gasteiger partial charge in [0, 0.05) is 12.1 Å². The van der Waals surface area contributed by atoms with Crippen molar-refractivity contribution in [2.24, 2.45) is 0 Å². The lowest BCUT2D eigenvalue weighted by atomic mass is 10.0. The number of fused-ring (bicyclic) bond motifs is 1. The average molecular weight is 462 g/mol. The molecule has 1 aliphatic rings. The second kappa shape index (κ2) is 8.85. The van der Waals surface area contributed by atoms with E-state index in [2.05, 4.69) is 20.9 Å². The summed E-state index contributed by atoms with van der Waals surface area (Å²) in [6.07, 6.45) is -2.88. The first kappa shape index (κ1) is 22.2. The summed E-state index contributed by atoms with van der Waals surface area (Å²) in [4.78, 5) is 13.2. The van der Waals surface area contributed by atoms with Gasteiger partial charge in [0.05, 0.1) is 11.6 Å². The first-order valence-electron chi connectivity index (χ1n) is 10.2. The standard InChI is InChI=1S/C22H22F3N5OS/c1-3-5-17-27-28-21-30(17)29-18(14-10-8-13(2)9-11-14)19(32-21)20(31)26-16-7-4-6-15(12-16)22(23,24)25/h4,6-12,18-19,29H,3,5H2,1-2H3,(H,26,31)/t18-,19-/m0/s1. The summed E-state index contributed by atoms with van der Waals surface area (Å²) in [6.45, 7) is 4.02. The van der Waals surface area contributed by atoms with E-state index < -0.39 is 28.9 Å². The van der Waals surface area contributed by atoms with Crippen LogP contribution in [0.15, 0.2) is 53.7 Å². The van der Waals surface area contributed by atoms with Crippen molar-refractivity contribution in [3.8, 4) is 0 Å². The molecule has 0 bridgehead atoms. The van der Waals surface area contributed by atoms with Crippen LogP contribution in [0.25, 0.3) is 0 Å². The van der Waals surface area contributed by atoms with Crippen LogP contribution in [0.1, 0.15) is 41.9 Å². The van der Waals surface area contributed by atoms with Gasteiger partial charge in [0.15, 0.2) is 5.82 Å². The molecule has 2 N–H and O–H groups in total. The van der Waals surface area contributed by atoms with Crippen molar-refractivity contribution in [2.45, 2.75) is 49.3 Å². The van der Waals surface area contributed by atoms with Crippen LogP contribution in [0.4, 0.5) is 18.9 Å². The summed E-state index contributed by atoms with van der Waals surface area (Å²) in [5, 5.41) is 10.9. The lowest BCUT2D eigenvalue weighted by Crippen LogP contribution is -2.41. The van der Waals surface area contributed by atoms with Crippen LogP contribution < -0.4 is 10.7 Å². The number of anilines is 1. The van der Waals surface area contributed by atoms with E-state index in [1.165, 1.54) is 23.9 Å². The van der Waals surface area contributed by atoms with E-state index in [1.807, 2.05) is 38.1 Å². The van der Waals surface area contributed by atoms with Gasteiger partial charge in [-0.25, -0.2) is 4.68 Å². The third-order valence-electron chi connectivity index (χ3n) is 5.13. The smallest absolute Gasteiger partial charge is 0.325 e. The van der Waals surface area contributed by atoms with E-state index in [-0.39, 0.29) is 5.69 Å². The molecule has 1 aromatic heterocycles. The Bertz CT molecular complexity index is 1110. The Balaban J connectivity index is 1.65. The molecule has 6 nitrogen and oxygen atoms in total. The topological polar surface area (TPSA) is 71.8 Å². The molecule has 2 heterocycles. The van der Waals surface area contributed by atoms with E-state index in [1.54, 1.807) is 4.68 Å². The van der Waals surface area contributed by atoms with Crippen LogP contribution in [0.5, 0.6) is 0 Å². The fraction of sp³-hybridized carbons (Fsp3) is 0.318. The average Bonchev–Trinajstić information content (AvgIpc) is 3.15. The molecule has 4 rings (SSSR count). The second-order valence-electron chi connectivity index (χ2n) is 7.61. The number of nitrogens with one attached hydrogen (secondary N) is 2. The molecule has 2 atom stereocenters. The number of thioether (sulfide) groups is 1. The summed E-state index contributed by atoms with van der Waals surface area (Å²) in [5.74, 6) is 0.350. The Labute approximate surface area is 187 Å². The quantitative estimate of drug-likeness (QED) is 0.562. The molecular formula is C22H22F3N5OS. The molecule has 168 valence electrons. The fourth-order valence-corrected chi connectivity index (χ4v) is 4.59. The van der Waals surface area contributed by atoms with Gasteiger partial charge in [0.25, 0.3) is 0 Å². The third-order valence-corrected chi connectivity index (χ3v) is 6.34. The van der Waals surface area contributed by atoms with Gasteiger partial charge in [0.2, 0.25) is 11.1 Å². The number of nitrogens with zero attached hydrogens (tertiary/aromatic N) is 3. The molecule has 10 heteroatoms. The summed E-state index contributed by atoms with van der Waals surface area (Å²) in [5.41, 5.74) is 4.59. The molecule has 32 heavy (non-hydrogen) atoms. The van der Waals surface area contributed by atoms with Crippen molar-refractivity contribution in [1.29, 1.82) is 0 Å². The summed E-state index contributed by atoms with van der Waals surface area (Å²) < 4.78 is 41.0. The van der Waals surface area contributed by atoms with Crippen LogP contribution in [0.2, 0.25) is 0 Å². The van der Waals surface area contributed by atoms with Crippen molar-refractivity contribution in [3.05, 3.63) is 71.0 Å². The third kappa shape index (κ3) is 4.59. The summed E-state index contributed by atoms with van der Waals surface area (Å²) in [7, 11) is 0. The SMILES string of the molecule is CCCc1nnc2n1N[C@@H](c1ccc(C)cc1)[C@@H](C(=O)Nc1cccc(C(F)(F)F)c1)S2. The first-order valence-corrected chi connectivity index (χ1v) is 11.1. The molecule has 0 radical (unpaired) electrons. The minimum absolute atomic E-state index is 0.0896. The second-order valence-corrected chi connectivity index (χ2v) is 8.72. The van der Waals surface area contributed by atoms with Crippen molar-refractivity contribution < 1.29 is 18.0 Å². The number of aromatic nitrogens is 3. The number of halogens is 3. The zero-order chi connectivity index (χ0) is 22.9. The molecule has 0 spiro atoms. The molecule has 0 saturated carbocycles. The highest BCUT2D eigenvalue weighted by molar-refractivity contribution is 8.00. The maximum atomic E-state index is 13.2. The van der Waals surface area contributed by atoms with Crippen LogP contribution >= 0.6 is 11.8 Å². The highest BCUT2D eigenvalue weighted by Gasteiger charge is 2.38. The number of amides is 1. The predicted molar refractivity (Wildman–Crippen MR) is 117 cm³/mol. The number of hydrogen-bond donors (Lipinski definition) is 2. The van der Waals surface area contributed by atoms with Crippen LogP contribution in [0, 0.1) is 6.92 Å². The lowest BCUT2D eigenvalue weighted by Gasteiger charge is -2.33. The van der Waals surface area contributed by atoms with Gasteiger partial charge in [-0.1, -0.05) is 54.6 Å². The van der Waals surface area contributed by atoms with Crippen molar-refractivity contribution in [1.82, 2.24) is 14.9 Å². The maximum absolute atomic E-state index is 13.2. The molecule has 3 aromatic rings. The van der Waals surface area contributed by atoms with Crippen molar-refractivity contribution in [2.75, 3.05) is 10.7 Å². The van der Waals surface area contributed by atoms with Gasteiger partial charge in [-0.3, -0.25) is 4.79 Å². The van der Waals surface area contributed by atoms with Gasteiger partial charge in [0.1, 0.15) is 5.25 Å². The molecule has 0 unspecified atom stereocenters. The Kier molecular flexibility index (Phi) is 6.14. The van der Waals surface area contributed by atoms with Gasteiger partial charge < -0.3 is 10.7 Å². The number of rotatable bonds is 5. The van der Waals surface area contributed by atoms with E-state index in [0.717, 1.165) is 41.9 Å². The van der Waals surface area contributed by atoms with Crippen molar-refractivity contribution in [3.63, 3.8) is 0 Å². The Morgan fingerprint density at radius 1 is 1.19 bits per heavy atom. The molecular weight excluding hydrogens is 439 g/mol. The number of aryl methyl sites for hydroxylation is 2. The summed E-state index contributed by atoms with van der Waals surface area (Å²) >= 11 is 1.24. The van der Waals surface area contributed by atoms with E-state index >= 15 is 0 Å². The number of carbonyl (C=O) groups excluding carboxylic acids is 1. The molecule has 0 saturated heterocycles. The molecule has 0 aliphatic carbocycles. The lowest BCUT2D eigenvalue weighted by molar-refractivity contribution is -0.137. The zero-order valence-corrected chi connectivity index (χ0v) is 18.3. The van der Waals surface area contributed by atoms with Gasteiger partial charge in [-0.15, -0.1) is 10.2 Å². The fourth-order valence-electron chi connectivity index (χ4n) is 3.49. The number of carbonyl (C=O) groups is 1. The van der Waals surface area contributed by atoms with Crippen LogP contribution in [0.3, 0.4) is 0 Å². The normalized spacial score (nSPS) is 18.0. The van der Waals surface area contributed by atoms with E-state index in [9.17, 15) is 18.0 Å². The minimum atomic E-state index is -4.49. The highest BCUT2D eigenvalue weighted by Crippen LogP contribution is 2.38. The molecule has 1 amide bonds. The zero-order valence-electron chi connectivity index (χ0n) is 17.5. The van der Waals surface area contributed by atoms with Gasteiger partial charge in [-0.2, -0.15) is 13.2 Å². The number of hydrogen-bond acceptors (Lipinski definition) is 5. The number of alkyl halides is 3. The Morgan fingerprint density at radius 3 is 2.62 bits per heavy atom. The molecule has 0 fully saturated rings. The Hall–Kier alpha value is -3.01. The van der Waals surface area contributed by atoms with Crippen molar-refractivity contribution >= 4 is 23.4 Å². The molecule has 2 aromatic carbocycles. The maximum Gasteiger partial charge on any atom is 0.416 e. The Morgan fingerprint density at radius 2 is 1.94 bits per heavy atom. The molecule has 1 aliphatic heterocycles. The minimum Gasteiger partial charge on any atom is -0.325 e.